The van der Waals surface area contributed by atoms with Gasteiger partial charge in [-0.25, -0.2) is 0 Å². The lowest BCUT2D eigenvalue weighted by Gasteiger charge is -2.29. The predicted molar refractivity (Wildman–Crippen MR) is 69.0 cm³/mol. The number of nitrogens with zero attached hydrogens (tertiary/aromatic N) is 1. The molecule has 0 atom stereocenters. The molecule has 0 aromatic carbocycles. The second-order valence-electron chi connectivity index (χ2n) is 4.94. The van der Waals surface area contributed by atoms with Gasteiger partial charge in [-0.1, -0.05) is 6.92 Å². The first-order valence-electron chi connectivity index (χ1n) is 6.68. The number of nitrogens with one attached hydrogen (secondary N) is 1. The molecule has 100 valence electrons. The van der Waals surface area contributed by atoms with Crippen molar-refractivity contribution in [1.29, 1.82) is 0 Å². The van der Waals surface area contributed by atoms with Gasteiger partial charge in [-0.2, -0.15) is 0 Å². The first-order valence-corrected chi connectivity index (χ1v) is 6.68. The van der Waals surface area contributed by atoms with Crippen molar-refractivity contribution in [3.63, 3.8) is 0 Å². The third kappa shape index (κ3) is 5.50. The minimum Gasteiger partial charge on any atom is -0.378 e. The van der Waals surface area contributed by atoms with Crippen molar-refractivity contribution in [1.82, 2.24) is 10.2 Å². The number of carbonyl (C=O) groups is 1. The molecule has 0 aromatic heterocycles. The van der Waals surface area contributed by atoms with Crippen LogP contribution in [-0.2, 0) is 9.53 Å². The molecule has 0 bridgehead atoms. The molecule has 1 saturated carbocycles. The number of hydrogen-bond donors (Lipinski definition) is 1. The summed E-state index contributed by atoms with van der Waals surface area (Å²) in [7, 11) is 3.56. The van der Waals surface area contributed by atoms with Crippen molar-refractivity contribution in [2.75, 3.05) is 27.2 Å². The Balaban J connectivity index is 2.08. The molecule has 1 aliphatic rings. The fourth-order valence-electron chi connectivity index (χ4n) is 2.26. The molecule has 1 aliphatic carbocycles. The summed E-state index contributed by atoms with van der Waals surface area (Å²) in [4.78, 5) is 13.0. The molecule has 4 heteroatoms. The smallest absolute Gasteiger partial charge is 0.224 e. The number of hydrogen-bond acceptors (Lipinski definition) is 3. The van der Waals surface area contributed by atoms with Crippen molar-refractivity contribution >= 4 is 5.91 Å². The lowest BCUT2D eigenvalue weighted by molar-refractivity contribution is -0.130. The van der Waals surface area contributed by atoms with E-state index in [1.165, 1.54) is 12.8 Å². The third-order valence-corrected chi connectivity index (χ3v) is 3.34. The van der Waals surface area contributed by atoms with Crippen LogP contribution in [0.2, 0.25) is 0 Å². The molecule has 1 N–H and O–H groups in total. The van der Waals surface area contributed by atoms with Crippen LogP contribution < -0.4 is 5.32 Å². The maximum atomic E-state index is 11.4. The van der Waals surface area contributed by atoms with Gasteiger partial charge >= 0.3 is 0 Å². The van der Waals surface area contributed by atoms with Crippen LogP contribution in [0.4, 0.5) is 0 Å². The number of rotatable bonds is 6. The monoisotopic (exact) mass is 242 g/mol. The Labute approximate surface area is 105 Å². The van der Waals surface area contributed by atoms with Crippen molar-refractivity contribution in [2.24, 2.45) is 0 Å². The van der Waals surface area contributed by atoms with E-state index in [-0.39, 0.29) is 5.91 Å². The Morgan fingerprint density at radius 2 is 1.94 bits per heavy atom. The maximum absolute atomic E-state index is 11.4. The van der Waals surface area contributed by atoms with Gasteiger partial charge in [0.05, 0.1) is 19.1 Å². The topological polar surface area (TPSA) is 41.6 Å². The summed E-state index contributed by atoms with van der Waals surface area (Å²) in [6, 6.07) is 0.670. The van der Waals surface area contributed by atoms with Gasteiger partial charge in [-0.05, 0) is 32.2 Å². The number of amides is 1. The van der Waals surface area contributed by atoms with Crippen LogP contribution >= 0.6 is 0 Å². The van der Waals surface area contributed by atoms with Crippen LogP contribution in [0.3, 0.4) is 0 Å². The molecule has 17 heavy (non-hydrogen) atoms. The van der Waals surface area contributed by atoms with Crippen LogP contribution in [0.5, 0.6) is 0 Å². The predicted octanol–water partition coefficient (Wildman–Crippen LogP) is 1.40. The van der Waals surface area contributed by atoms with E-state index in [4.69, 9.17) is 4.74 Å². The van der Waals surface area contributed by atoms with Crippen LogP contribution in [0.15, 0.2) is 0 Å². The highest BCUT2D eigenvalue weighted by Crippen LogP contribution is 2.21. The quantitative estimate of drug-likeness (QED) is 0.765. The van der Waals surface area contributed by atoms with E-state index in [1.54, 1.807) is 19.0 Å². The van der Waals surface area contributed by atoms with Gasteiger partial charge in [0.25, 0.3) is 0 Å². The average Bonchev–Trinajstić information content (AvgIpc) is 2.31. The van der Waals surface area contributed by atoms with Crippen LogP contribution in [-0.4, -0.2) is 50.2 Å². The molecular weight excluding hydrogens is 216 g/mol. The Morgan fingerprint density at radius 1 is 1.29 bits per heavy atom. The summed E-state index contributed by atoms with van der Waals surface area (Å²) < 4.78 is 5.75. The molecule has 0 heterocycles. The SMILES string of the molecule is CCNC1CCC(OCCC(=O)N(C)C)CC1. The molecule has 0 aromatic rings. The van der Waals surface area contributed by atoms with Gasteiger partial charge in [0.2, 0.25) is 5.91 Å². The largest absolute Gasteiger partial charge is 0.378 e. The average molecular weight is 242 g/mol. The van der Waals surface area contributed by atoms with E-state index in [0.717, 1.165) is 19.4 Å². The zero-order valence-corrected chi connectivity index (χ0v) is 11.4. The van der Waals surface area contributed by atoms with Gasteiger partial charge in [-0.15, -0.1) is 0 Å². The zero-order chi connectivity index (χ0) is 12.7. The van der Waals surface area contributed by atoms with Crippen LogP contribution in [0, 0.1) is 0 Å². The Morgan fingerprint density at radius 3 is 2.47 bits per heavy atom. The number of ether oxygens (including phenoxy) is 1. The van der Waals surface area contributed by atoms with E-state index in [1.807, 2.05) is 0 Å². The second-order valence-corrected chi connectivity index (χ2v) is 4.94. The van der Waals surface area contributed by atoms with Gasteiger partial charge < -0.3 is 15.0 Å². The fourth-order valence-corrected chi connectivity index (χ4v) is 2.26. The molecule has 0 aliphatic heterocycles. The van der Waals surface area contributed by atoms with E-state index >= 15 is 0 Å². The zero-order valence-electron chi connectivity index (χ0n) is 11.4. The summed E-state index contributed by atoms with van der Waals surface area (Å²) >= 11 is 0. The second kappa shape index (κ2) is 7.67. The molecule has 0 unspecified atom stereocenters. The van der Waals surface area contributed by atoms with Crippen molar-refractivity contribution in [2.45, 2.75) is 51.2 Å². The molecule has 1 fully saturated rings. The van der Waals surface area contributed by atoms with Crippen molar-refractivity contribution in [3.05, 3.63) is 0 Å². The first-order chi connectivity index (χ1) is 8.13. The molecule has 0 radical (unpaired) electrons. The number of carbonyl (C=O) groups excluding carboxylic acids is 1. The highest BCUT2D eigenvalue weighted by molar-refractivity contribution is 5.75. The molecule has 4 nitrogen and oxygen atoms in total. The van der Waals surface area contributed by atoms with Gasteiger partial charge in [-0.3, -0.25) is 4.79 Å². The standard InChI is InChI=1S/C13H26N2O2/c1-4-14-11-5-7-12(8-6-11)17-10-9-13(16)15(2)3/h11-12,14H,4-10H2,1-3H3. The van der Waals surface area contributed by atoms with Gasteiger partial charge in [0, 0.05) is 20.1 Å². The van der Waals surface area contributed by atoms with Gasteiger partial charge in [0.1, 0.15) is 0 Å². The Kier molecular flexibility index (Phi) is 6.52. The third-order valence-electron chi connectivity index (χ3n) is 3.34. The molecule has 1 rings (SSSR count). The summed E-state index contributed by atoms with van der Waals surface area (Å²) in [6.07, 6.45) is 5.49. The van der Waals surface area contributed by atoms with E-state index < -0.39 is 0 Å². The minimum absolute atomic E-state index is 0.145. The van der Waals surface area contributed by atoms with Crippen molar-refractivity contribution in [3.8, 4) is 0 Å². The van der Waals surface area contributed by atoms with E-state index in [2.05, 4.69) is 12.2 Å². The summed E-state index contributed by atoms with van der Waals surface area (Å²) in [6.45, 7) is 3.76. The lowest BCUT2D eigenvalue weighted by Crippen LogP contribution is -2.35. The van der Waals surface area contributed by atoms with Crippen LogP contribution in [0.25, 0.3) is 0 Å². The molecule has 0 spiro atoms. The highest BCUT2D eigenvalue weighted by Gasteiger charge is 2.20. The maximum Gasteiger partial charge on any atom is 0.224 e. The van der Waals surface area contributed by atoms with E-state index in [9.17, 15) is 4.79 Å². The molecular formula is C13H26N2O2. The normalized spacial score (nSPS) is 24.6. The summed E-state index contributed by atoms with van der Waals surface area (Å²) in [5.74, 6) is 0.145. The lowest BCUT2D eigenvalue weighted by atomic mass is 9.93. The first kappa shape index (κ1) is 14.5. The summed E-state index contributed by atoms with van der Waals surface area (Å²) in [5.41, 5.74) is 0. The summed E-state index contributed by atoms with van der Waals surface area (Å²) in [5, 5.41) is 3.48. The molecule has 1 amide bonds. The molecule has 0 saturated heterocycles. The Hall–Kier alpha value is -0.610. The highest BCUT2D eigenvalue weighted by atomic mass is 16.5. The Bertz CT molecular complexity index is 223. The van der Waals surface area contributed by atoms with Crippen LogP contribution in [0.1, 0.15) is 39.0 Å². The van der Waals surface area contributed by atoms with Crippen molar-refractivity contribution < 1.29 is 9.53 Å². The van der Waals surface area contributed by atoms with Gasteiger partial charge in [0.15, 0.2) is 0 Å². The van der Waals surface area contributed by atoms with E-state index in [0.29, 0.717) is 25.2 Å². The minimum atomic E-state index is 0.145. The fraction of sp³-hybridized carbons (Fsp3) is 0.923.